The van der Waals surface area contributed by atoms with E-state index in [0.29, 0.717) is 19.0 Å². The highest BCUT2D eigenvalue weighted by Crippen LogP contribution is 2.20. The number of aryl methyl sites for hydroxylation is 1. The van der Waals surface area contributed by atoms with E-state index < -0.39 is 6.10 Å². The van der Waals surface area contributed by atoms with Gasteiger partial charge in [-0.15, -0.1) is 0 Å². The van der Waals surface area contributed by atoms with Crippen molar-refractivity contribution < 1.29 is 14.6 Å². The number of methoxy groups -OCH3 is 1. The van der Waals surface area contributed by atoms with E-state index >= 15 is 0 Å². The topological polar surface area (TPSA) is 75.1 Å². The maximum absolute atomic E-state index is 10.3. The molecule has 0 amide bonds. The summed E-state index contributed by atoms with van der Waals surface area (Å²) in [5, 5.41) is 16.6. The van der Waals surface area contributed by atoms with E-state index in [1.807, 2.05) is 69.3 Å². The van der Waals surface area contributed by atoms with Gasteiger partial charge in [0.25, 0.3) is 0 Å². The molecule has 2 aromatic rings. The number of guanidine groups is 1. The van der Waals surface area contributed by atoms with Crippen molar-refractivity contribution in [1.82, 2.24) is 10.6 Å². The Labute approximate surface area is 174 Å². The molecule has 0 bridgehead atoms. The summed E-state index contributed by atoms with van der Waals surface area (Å²) in [7, 11) is 1.66. The standard InChI is InChI=1S/C23H33N3O3/c1-5-24-23(25-14-20-12-11-17(2)13-22(20)28-4)26-15-21(27)16-29-18(3)19-9-7-6-8-10-19/h6-13,18,21,27H,5,14-16H2,1-4H3,(H2,24,25,26). The van der Waals surface area contributed by atoms with Gasteiger partial charge in [-0.3, -0.25) is 0 Å². The Balaban J connectivity index is 1.85. The van der Waals surface area contributed by atoms with Crippen molar-refractivity contribution in [2.45, 2.75) is 39.5 Å². The maximum atomic E-state index is 10.3. The summed E-state index contributed by atoms with van der Waals surface area (Å²) in [4.78, 5) is 4.60. The minimum absolute atomic E-state index is 0.0678. The first kappa shape index (κ1) is 22.7. The molecule has 0 fully saturated rings. The quantitative estimate of drug-likeness (QED) is 0.423. The first-order valence-corrected chi connectivity index (χ1v) is 10.0. The number of hydrogen-bond donors (Lipinski definition) is 3. The molecule has 29 heavy (non-hydrogen) atoms. The molecule has 2 rings (SSSR count). The van der Waals surface area contributed by atoms with Crippen molar-refractivity contribution in [3.8, 4) is 5.75 Å². The molecular weight excluding hydrogens is 366 g/mol. The number of benzene rings is 2. The van der Waals surface area contributed by atoms with Crippen molar-refractivity contribution >= 4 is 5.96 Å². The third-order valence-corrected chi connectivity index (χ3v) is 4.51. The van der Waals surface area contributed by atoms with Gasteiger partial charge in [-0.05, 0) is 38.0 Å². The minimum Gasteiger partial charge on any atom is -0.496 e. The molecule has 158 valence electrons. The second kappa shape index (κ2) is 12.1. The van der Waals surface area contributed by atoms with E-state index in [1.165, 1.54) is 0 Å². The Morgan fingerprint density at radius 1 is 1.14 bits per heavy atom. The molecule has 2 aromatic carbocycles. The van der Waals surface area contributed by atoms with Gasteiger partial charge in [0.1, 0.15) is 5.75 Å². The molecule has 6 nitrogen and oxygen atoms in total. The van der Waals surface area contributed by atoms with Crippen LogP contribution in [0.25, 0.3) is 0 Å². The zero-order valence-corrected chi connectivity index (χ0v) is 17.8. The molecule has 0 aliphatic rings. The van der Waals surface area contributed by atoms with Gasteiger partial charge in [0, 0.05) is 18.7 Å². The van der Waals surface area contributed by atoms with Gasteiger partial charge >= 0.3 is 0 Å². The monoisotopic (exact) mass is 399 g/mol. The molecule has 0 radical (unpaired) electrons. The molecule has 2 atom stereocenters. The van der Waals surface area contributed by atoms with Crippen molar-refractivity contribution in [2.75, 3.05) is 26.8 Å². The molecule has 0 aliphatic heterocycles. The number of ether oxygens (including phenoxy) is 2. The lowest BCUT2D eigenvalue weighted by molar-refractivity contribution is -0.000599. The first-order valence-electron chi connectivity index (χ1n) is 10.0. The molecule has 0 aliphatic carbocycles. The number of aliphatic hydroxyl groups excluding tert-OH is 1. The summed E-state index contributed by atoms with van der Waals surface area (Å²) < 4.78 is 11.2. The highest BCUT2D eigenvalue weighted by atomic mass is 16.5. The molecule has 2 unspecified atom stereocenters. The summed E-state index contributed by atoms with van der Waals surface area (Å²) in [6, 6.07) is 16.0. The molecule has 0 aromatic heterocycles. The molecule has 0 spiro atoms. The van der Waals surface area contributed by atoms with Crippen LogP contribution in [0, 0.1) is 6.92 Å². The third kappa shape index (κ3) is 7.75. The molecule has 0 heterocycles. The van der Waals surface area contributed by atoms with Crippen molar-refractivity contribution in [3.05, 3.63) is 65.2 Å². The highest BCUT2D eigenvalue weighted by Gasteiger charge is 2.11. The van der Waals surface area contributed by atoms with Crippen LogP contribution in [0.15, 0.2) is 53.5 Å². The summed E-state index contributed by atoms with van der Waals surface area (Å²) in [5.74, 6) is 1.47. The predicted octanol–water partition coefficient (Wildman–Crippen LogP) is 3.20. The van der Waals surface area contributed by atoms with Crippen molar-refractivity contribution in [3.63, 3.8) is 0 Å². The van der Waals surface area contributed by atoms with E-state index in [2.05, 4.69) is 15.6 Å². The van der Waals surface area contributed by atoms with Gasteiger partial charge in [-0.1, -0.05) is 42.5 Å². The Bertz CT molecular complexity index is 765. The molecule has 0 saturated heterocycles. The van der Waals surface area contributed by atoms with Gasteiger partial charge in [0.15, 0.2) is 5.96 Å². The first-order chi connectivity index (χ1) is 14.0. The van der Waals surface area contributed by atoms with Crippen LogP contribution in [0.1, 0.15) is 36.6 Å². The number of hydrogen-bond acceptors (Lipinski definition) is 4. The Kier molecular flexibility index (Phi) is 9.47. The molecule has 3 N–H and O–H groups in total. The van der Waals surface area contributed by atoms with Gasteiger partial charge in [0.05, 0.1) is 32.5 Å². The van der Waals surface area contributed by atoms with Crippen LogP contribution >= 0.6 is 0 Å². The second-order valence-corrected chi connectivity index (χ2v) is 6.93. The van der Waals surface area contributed by atoms with E-state index in [9.17, 15) is 5.11 Å². The van der Waals surface area contributed by atoms with Crippen LogP contribution < -0.4 is 15.4 Å². The van der Waals surface area contributed by atoms with E-state index in [-0.39, 0.29) is 12.7 Å². The minimum atomic E-state index is -0.640. The fourth-order valence-electron chi connectivity index (χ4n) is 2.84. The van der Waals surface area contributed by atoms with Gasteiger partial charge in [-0.2, -0.15) is 0 Å². The van der Waals surface area contributed by atoms with Crippen molar-refractivity contribution in [1.29, 1.82) is 0 Å². The lowest BCUT2D eigenvalue weighted by atomic mass is 10.1. The summed E-state index contributed by atoms with van der Waals surface area (Å²) in [6.07, 6.45) is -0.708. The Morgan fingerprint density at radius 3 is 2.59 bits per heavy atom. The molecular formula is C23H33N3O3. The highest BCUT2D eigenvalue weighted by molar-refractivity contribution is 5.79. The van der Waals surface area contributed by atoms with Crippen LogP contribution in [0.4, 0.5) is 0 Å². The van der Waals surface area contributed by atoms with Gasteiger partial charge in [0.2, 0.25) is 0 Å². The smallest absolute Gasteiger partial charge is 0.191 e. The Hall–Kier alpha value is -2.57. The zero-order valence-electron chi connectivity index (χ0n) is 17.8. The number of nitrogens with zero attached hydrogens (tertiary/aromatic N) is 1. The van der Waals surface area contributed by atoms with Crippen LogP contribution in [-0.2, 0) is 11.3 Å². The number of aliphatic hydroxyl groups is 1. The van der Waals surface area contributed by atoms with Gasteiger partial charge < -0.3 is 25.2 Å². The van der Waals surface area contributed by atoms with Crippen LogP contribution in [0.3, 0.4) is 0 Å². The fraction of sp³-hybridized carbons (Fsp3) is 0.435. The van der Waals surface area contributed by atoms with E-state index in [1.54, 1.807) is 7.11 Å². The van der Waals surface area contributed by atoms with Crippen molar-refractivity contribution in [2.24, 2.45) is 4.99 Å². The zero-order chi connectivity index (χ0) is 21.1. The molecule has 0 saturated carbocycles. The largest absolute Gasteiger partial charge is 0.496 e. The number of rotatable bonds is 10. The lowest BCUT2D eigenvalue weighted by Gasteiger charge is -2.18. The summed E-state index contributed by atoms with van der Waals surface area (Å²) >= 11 is 0. The number of aliphatic imine (C=N–C) groups is 1. The van der Waals surface area contributed by atoms with Crippen LogP contribution in [0.5, 0.6) is 5.75 Å². The van der Waals surface area contributed by atoms with E-state index in [4.69, 9.17) is 9.47 Å². The Morgan fingerprint density at radius 2 is 1.90 bits per heavy atom. The normalized spacial score (nSPS) is 13.6. The third-order valence-electron chi connectivity index (χ3n) is 4.51. The predicted molar refractivity (Wildman–Crippen MR) is 117 cm³/mol. The molecule has 6 heteroatoms. The van der Waals surface area contributed by atoms with E-state index in [0.717, 1.165) is 29.0 Å². The van der Waals surface area contributed by atoms with Crippen LogP contribution in [0.2, 0.25) is 0 Å². The second-order valence-electron chi connectivity index (χ2n) is 6.93. The average molecular weight is 400 g/mol. The number of nitrogens with one attached hydrogen (secondary N) is 2. The maximum Gasteiger partial charge on any atom is 0.191 e. The van der Waals surface area contributed by atoms with Gasteiger partial charge in [-0.25, -0.2) is 4.99 Å². The SMILES string of the molecule is CCNC(=NCc1ccc(C)cc1OC)NCC(O)COC(C)c1ccccc1. The summed E-state index contributed by atoms with van der Waals surface area (Å²) in [5.41, 5.74) is 3.25. The average Bonchev–Trinajstić information content (AvgIpc) is 2.75. The summed E-state index contributed by atoms with van der Waals surface area (Å²) in [6.45, 7) is 7.82. The fourth-order valence-corrected chi connectivity index (χ4v) is 2.84. The lowest BCUT2D eigenvalue weighted by Crippen LogP contribution is -2.42. The van der Waals surface area contributed by atoms with Crippen LogP contribution in [-0.4, -0.2) is 44.0 Å².